The number of nitrogens with zero attached hydrogens (tertiary/aromatic N) is 1. The maximum absolute atomic E-state index is 12.0. The summed E-state index contributed by atoms with van der Waals surface area (Å²) in [5.41, 5.74) is 1.81. The Bertz CT molecular complexity index is 531. The first kappa shape index (κ1) is 15.1. The molecule has 1 heterocycles. The highest BCUT2D eigenvalue weighted by molar-refractivity contribution is 5.96. The largest absolute Gasteiger partial charge is 0.476 e. The zero-order valence-electron chi connectivity index (χ0n) is 13.0. The highest BCUT2D eigenvalue weighted by Gasteiger charge is 2.15. The van der Waals surface area contributed by atoms with Gasteiger partial charge in [-0.25, -0.2) is 4.99 Å². The number of carbonyl (C=O) groups is 1. The van der Waals surface area contributed by atoms with Crippen LogP contribution >= 0.6 is 0 Å². The maximum atomic E-state index is 12.0. The van der Waals surface area contributed by atoms with Gasteiger partial charge in [-0.2, -0.15) is 0 Å². The summed E-state index contributed by atoms with van der Waals surface area (Å²) in [6.07, 6.45) is 8.27. The maximum Gasteiger partial charge on any atom is 0.224 e. The number of aliphatic imine (C=N–C) groups is 1. The molecule has 0 atom stereocenters. The standard InChI is InChI=1S/C18H24N2O2/c21-17(11-6-14-4-2-1-3-5-14)20-16-9-7-15(8-10-16)18-19-12-13-22-18/h7-10,14H,1-6,11-13H2,(H,20,21). The summed E-state index contributed by atoms with van der Waals surface area (Å²) in [6.45, 7) is 1.39. The number of benzene rings is 1. The molecule has 1 aliphatic carbocycles. The van der Waals surface area contributed by atoms with Crippen molar-refractivity contribution in [3.8, 4) is 0 Å². The molecule has 118 valence electrons. The van der Waals surface area contributed by atoms with E-state index in [1.807, 2.05) is 24.3 Å². The molecule has 1 aliphatic heterocycles. The molecule has 0 saturated heterocycles. The molecule has 0 bridgehead atoms. The first-order valence-corrected chi connectivity index (χ1v) is 8.39. The molecule has 0 aromatic heterocycles. The highest BCUT2D eigenvalue weighted by Crippen LogP contribution is 2.27. The normalized spacial score (nSPS) is 18.6. The average molecular weight is 300 g/mol. The van der Waals surface area contributed by atoms with E-state index in [9.17, 15) is 4.79 Å². The summed E-state index contributed by atoms with van der Waals surface area (Å²) >= 11 is 0. The lowest BCUT2D eigenvalue weighted by Crippen LogP contribution is -2.15. The molecule has 2 aliphatic rings. The van der Waals surface area contributed by atoms with Gasteiger partial charge in [0.15, 0.2) is 0 Å². The number of nitrogens with one attached hydrogen (secondary N) is 1. The summed E-state index contributed by atoms with van der Waals surface area (Å²) in [4.78, 5) is 16.3. The van der Waals surface area contributed by atoms with Gasteiger partial charge in [-0.3, -0.25) is 4.79 Å². The van der Waals surface area contributed by atoms with Gasteiger partial charge >= 0.3 is 0 Å². The molecule has 1 N–H and O–H groups in total. The predicted molar refractivity (Wildman–Crippen MR) is 88.2 cm³/mol. The third-order valence-electron chi connectivity index (χ3n) is 4.51. The van der Waals surface area contributed by atoms with Crippen LogP contribution in [0.3, 0.4) is 0 Å². The minimum Gasteiger partial charge on any atom is -0.476 e. The van der Waals surface area contributed by atoms with E-state index in [1.54, 1.807) is 0 Å². The fourth-order valence-electron chi connectivity index (χ4n) is 3.24. The fraction of sp³-hybridized carbons (Fsp3) is 0.556. The topological polar surface area (TPSA) is 50.7 Å². The molecule has 1 aromatic rings. The van der Waals surface area contributed by atoms with Crippen LogP contribution in [0.25, 0.3) is 0 Å². The van der Waals surface area contributed by atoms with Crippen LogP contribution in [-0.2, 0) is 9.53 Å². The van der Waals surface area contributed by atoms with Crippen LogP contribution < -0.4 is 5.32 Å². The molecule has 0 radical (unpaired) electrons. The van der Waals surface area contributed by atoms with Crippen molar-refractivity contribution in [3.63, 3.8) is 0 Å². The summed E-state index contributed by atoms with van der Waals surface area (Å²) < 4.78 is 5.43. The van der Waals surface area contributed by atoms with Gasteiger partial charge in [0.25, 0.3) is 0 Å². The molecule has 1 fully saturated rings. The molecule has 4 nitrogen and oxygen atoms in total. The number of amides is 1. The van der Waals surface area contributed by atoms with Gasteiger partial charge in [-0.1, -0.05) is 32.1 Å². The lowest BCUT2D eigenvalue weighted by Gasteiger charge is -2.21. The van der Waals surface area contributed by atoms with E-state index in [1.165, 1.54) is 32.1 Å². The van der Waals surface area contributed by atoms with Crippen molar-refractivity contribution < 1.29 is 9.53 Å². The summed E-state index contributed by atoms with van der Waals surface area (Å²) in [5.74, 6) is 1.57. The van der Waals surface area contributed by atoms with Crippen LogP contribution in [0.1, 0.15) is 50.5 Å². The van der Waals surface area contributed by atoms with Crippen LogP contribution in [0.15, 0.2) is 29.3 Å². The van der Waals surface area contributed by atoms with E-state index in [-0.39, 0.29) is 5.91 Å². The first-order chi connectivity index (χ1) is 10.8. The lowest BCUT2D eigenvalue weighted by atomic mass is 9.86. The molecule has 3 rings (SSSR count). The van der Waals surface area contributed by atoms with Crippen molar-refractivity contribution in [3.05, 3.63) is 29.8 Å². The minimum absolute atomic E-state index is 0.118. The number of hydrogen-bond donors (Lipinski definition) is 1. The van der Waals surface area contributed by atoms with Gasteiger partial charge in [0.05, 0.1) is 6.54 Å². The zero-order chi connectivity index (χ0) is 15.2. The molecule has 1 amide bonds. The number of ether oxygens (including phenoxy) is 1. The Labute approximate surface area is 132 Å². The third-order valence-corrected chi connectivity index (χ3v) is 4.51. The number of hydrogen-bond acceptors (Lipinski definition) is 3. The Balaban J connectivity index is 1.46. The molecular formula is C18H24N2O2. The Morgan fingerprint density at radius 1 is 1.18 bits per heavy atom. The van der Waals surface area contributed by atoms with Gasteiger partial charge in [-0.15, -0.1) is 0 Å². The van der Waals surface area contributed by atoms with Crippen molar-refractivity contribution in [1.29, 1.82) is 0 Å². The number of rotatable bonds is 5. The lowest BCUT2D eigenvalue weighted by molar-refractivity contribution is -0.116. The molecule has 4 heteroatoms. The van der Waals surface area contributed by atoms with Crippen LogP contribution in [0.4, 0.5) is 5.69 Å². The van der Waals surface area contributed by atoms with Crippen LogP contribution in [-0.4, -0.2) is 25.0 Å². The predicted octanol–water partition coefficient (Wildman–Crippen LogP) is 3.76. The van der Waals surface area contributed by atoms with Crippen LogP contribution in [0.5, 0.6) is 0 Å². The Hall–Kier alpha value is -1.84. The van der Waals surface area contributed by atoms with E-state index in [2.05, 4.69) is 10.3 Å². The average Bonchev–Trinajstić information content (AvgIpc) is 3.09. The van der Waals surface area contributed by atoms with Crippen LogP contribution in [0, 0.1) is 5.92 Å². The van der Waals surface area contributed by atoms with Gasteiger partial charge < -0.3 is 10.1 Å². The Morgan fingerprint density at radius 3 is 2.64 bits per heavy atom. The van der Waals surface area contributed by atoms with Crippen molar-refractivity contribution in [2.75, 3.05) is 18.5 Å². The van der Waals surface area contributed by atoms with Crippen molar-refractivity contribution in [1.82, 2.24) is 0 Å². The van der Waals surface area contributed by atoms with E-state index in [0.29, 0.717) is 18.9 Å². The minimum atomic E-state index is 0.118. The van der Waals surface area contributed by atoms with E-state index < -0.39 is 0 Å². The third kappa shape index (κ3) is 4.09. The van der Waals surface area contributed by atoms with E-state index in [4.69, 9.17) is 4.74 Å². The number of anilines is 1. The summed E-state index contributed by atoms with van der Waals surface area (Å²) in [6, 6.07) is 7.72. The van der Waals surface area contributed by atoms with Gasteiger partial charge in [-0.05, 0) is 36.6 Å². The highest BCUT2D eigenvalue weighted by atomic mass is 16.5. The quantitative estimate of drug-likeness (QED) is 0.900. The van der Waals surface area contributed by atoms with Crippen LogP contribution in [0.2, 0.25) is 0 Å². The second kappa shape index (κ2) is 7.43. The summed E-state index contributed by atoms with van der Waals surface area (Å²) in [5, 5.41) is 2.98. The molecule has 22 heavy (non-hydrogen) atoms. The molecular weight excluding hydrogens is 276 g/mol. The second-order valence-electron chi connectivity index (χ2n) is 6.20. The molecule has 0 unspecified atom stereocenters. The van der Waals surface area contributed by atoms with Crippen molar-refractivity contribution in [2.45, 2.75) is 44.9 Å². The molecule has 1 saturated carbocycles. The van der Waals surface area contributed by atoms with Gasteiger partial charge in [0, 0.05) is 17.7 Å². The summed E-state index contributed by atoms with van der Waals surface area (Å²) in [7, 11) is 0. The first-order valence-electron chi connectivity index (χ1n) is 8.39. The number of carbonyl (C=O) groups excluding carboxylic acids is 1. The SMILES string of the molecule is O=C(CCC1CCCCC1)Nc1ccc(C2=NCCO2)cc1. The monoisotopic (exact) mass is 300 g/mol. The second-order valence-corrected chi connectivity index (χ2v) is 6.20. The smallest absolute Gasteiger partial charge is 0.224 e. The van der Waals surface area contributed by atoms with Gasteiger partial charge in [0.2, 0.25) is 11.8 Å². The fourth-order valence-corrected chi connectivity index (χ4v) is 3.24. The van der Waals surface area contributed by atoms with E-state index in [0.717, 1.165) is 30.1 Å². The van der Waals surface area contributed by atoms with Crippen molar-refractivity contribution >= 4 is 17.5 Å². The van der Waals surface area contributed by atoms with Gasteiger partial charge in [0.1, 0.15) is 6.61 Å². The Morgan fingerprint density at radius 2 is 1.95 bits per heavy atom. The van der Waals surface area contributed by atoms with E-state index >= 15 is 0 Å². The molecule has 1 aromatic carbocycles. The molecule has 0 spiro atoms. The van der Waals surface area contributed by atoms with Crippen molar-refractivity contribution in [2.24, 2.45) is 10.9 Å². The zero-order valence-corrected chi connectivity index (χ0v) is 13.0. The Kier molecular flexibility index (Phi) is 5.09.